The van der Waals surface area contributed by atoms with E-state index in [0.29, 0.717) is 18.8 Å². The number of hydrogen-bond acceptors (Lipinski definition) is 4. The first-order valence-corrected chi connectivity index (χ1v) is 7.62. The van der Waals surface area contributed by atoms with E-state index < -0.39 is 6.03 Å². The summed E-state index contributed by atoms with van der Waals surface area (Å²) in [6.45, 7) is 2.59. The van der Waals surface area contributed by atoms with Crippen LogP contribution in [0.5, 0.6) is 5.75 Å². The minimum Gasteiger partial charge on any atom is -0.494 e. The third kappa shape index (κ3) is 5.97. The molecule has 0 unspecified atom stereocenters. The molecule has 0 aromatic heterocycles. The summed E-state index contributed by atoms with van der Waals surface area (Å²) in [6.07, 6.45) is 0.314. The van der Waals surface area contributed by atoms with E-state index >= 15 is 0 Å². The zero-order chi connectivity index (χ0) is 14.8. The van der Waals surface area contributed by atoms with Crippen LogP contribution in [0.15, 0.2) is 24.3 Å². The maximum Gasteiger partial charge on any atom is 0.321 e. The number of thioether (sulfide) groups is 1. The minimum atomic E-state index is -0.471. The molecule has 0 saturated heterocycles. The summed E-state index contributed by atoms with van der Waals surface area (Å²) >= 11 is 1.64. The van der Waals surface area contributed by atoms with Crippen LogP contribution in [0.4, 0.5) is 4.79 Å². The van der Waals surface area contributed by atoms with Crippen molar-refractivity contribution in [3.63, 3.8) is 0 Å². The highest BCUT2D eigenvalue weighted by molar-refractivity contribution is 7.98. The predicted molar refractivity (Wildman–Crippen MR) is 81.0 cm³/mol. The van der Waals surface area contributed by atoms with E-state index in [2.05, 4.69) is 10.6 Å². The second-order valence-corrected chi connectivity index (χ2v) is 5.08. The first-order valence-electron chi connectivity index (χ1n) is 6.47. The first kappa shape index (κ1) is 16.4. The molecule has 6 heteroatoms. The number of imide groups is 1. The van der Waals surface area contributed by atoms with Gasteiger partial charge in [0.1, 0.15) is 5.75 Å². The topological polar surface area (TPSA) is 67.4 Å². The average Bonchev–Trinajstić information content (AvgIpc) is 2.45. The van der Waals surface area contributed by atoms with Gasteiger partial charge in [-0.2, -0.15) is 11.8 Å². The quantitative estimate of drug-likeness (QED) is 0.757. The molecule has 0 saturated carbocycles. The van der Waals surface area contributed by atoms with Crippen LogP contribution in [-0.2, 0) is 10.5 Å². The number of carbonyl (C=O) groups excluding carboxylic acids is 2. The molecular weight excluding hydrogens is 276 g/mol. The van der Waals surface area contributed by atoms with Crippen molar-refractivity contribution in [2.24, 2.45) is 0 Å². The smallest absolute Gasteiger partial charge is 0.321 e. The molecule has 20 heavy (non-hydrogen) atoms. The van der Waals surface area contributed by atoms with Crippen LogP contribution >= 0.6 is 11.8 Å². The van der Waals surface area contributed by atoms with Crippen molar-refractivity contribution in [2.75, 3.05) is 19.4 Å². The van der Waals surface area contributed by atoms with Gasteiger partial charge in [-0.3, -0.25) is 10.1 Å². The molecule has 0 radical (unpaired) electrons. The van der Waals surface area contributed by atoms with Crippen LogP contribution in [0.1, 0.15) is 18.9 Å². The first-order chi connectivity index (χ1) is 9.67. The molecule has 0 heterocycles. The largest absolute Gasteiger partial charge is 0.494 e. The fourth-order valence-corrected chi connectivity index (χ4v) is 2.45. The number of rotatable bonds is 7. The molecule has 0 aliphatic carbocycles. The van der Waals surface area contributed by atoms with Crippen LogP contribution in [0.25, 0.3) is 0 Å². The zero-order valence-electron chi connectivity index (χ0n) is 11.8. The molecule has 0 bridgehead atoms. The second-order valence-electron chi connectivity index (χ2n) is 3.97. The van der Waals surface area contributed by atoms with Gasteiger partial charge in [0.05, 0.1) is 6.61 Å². The van der Waals surface area contributed by atoms with E-state index in [-0.39, 0.29) is 5.91 Å². The molecule has 1 aromatic rings. The Kier molecular flexibility index (Phi) is 7.57. The van der Waals surface area contributed by atoms with Crippen LogP contribution in [-0.4, -0.2) is 31.3 Å². The predicted octanol–water partition coefficient (Wildman–Crippen LogP) is 2.16. The van der Waals surface area contributed by atoms with E-state index in [1.54, 1.807) is 11.8 Å². The minimum absolute atomic E-state index is 0.269. The van der Waals surface area contributed by atoms with E-state index in [9.17, 15) is 9.59 Å². The van der Waals surface area contributed by atoms with Crippen molar-refractivity contribution in [3.8, 4) is 5.75 Å². The van der Waals surface area contributed by atoms with Gasteiger partial charge in [-0.25, -0.2) is 4.79 Å². The van der Waals surface area contributed by atoms with Gasteiger partial charge in [-0.15, -0.1) is 0 Å². The highest BCUT2D eigenvalue weighted by Crippen LogP contribution is 2.23. The van der Waals surface area contributed by atoms with E-state index in [0.717, 1.165) is 17.1 Å². The Morgan fingerprint density at radius 2 is 2.05 bits per heavy atom. The summed E-state index contributed by atoms with van der Waals surface area (Å²) in [6, 6.07) is 7.40. The zero-order valence-corrected chi connectivity index (χ0v) is 12.6. The monoisotopic (exact) mass is 296 g/mol. The van der Waals surface area contributed by atoms with Gasteiger partial charge in [0.25, 0.3) is 0 Å². The Morgan fingerprint density at radius 3 is 2.75 bits per heavy atom. The summed E-state index contributed by atoms with van der Waals surface area (Å²) in [5.74, 6) is 2.06. The summed E-state index contributed by atoms with van der Waals surface area (Å²) in [7, 11) is 1.47. The molecule has 0 spiro atoms. The number of urea groups is 1. The molecule has 5 nitrogen and oxygen atoms in total. The van der Waals surface area contributed by atoms with E-state index in [4.69, 9.17) is 4.74 Å². The lowest BCUT2D eigenvalue weighted by molar-refractivity contribution is -0.119. The van der Waals surface area contributed by atoms with Crippen LogP contribution in [0.3, 0.4) is 0 Å². The molecule has 1 rings (SSSR count). The maximum atomic E-state index is 11.4. The number of nitrogens with one attached hydrogen (secondary N) is 2. The van der Waals surface area contributed by atoms with Crippen molar-refractivity contribution in [2.45, 2.75) is 19.1 Å². The summed E-state index contributed by atoms with van der Waals surface area (Å²) in [5, 5.41) is 4.57. The second kappa shape index (κ2) is 9.25. The molecule has 0 aliphatic rings. The Balaban J connectivity index is 2.31. The lowest BCUT2D eigenvalue weighted by Gasteiger charge is -2.09. The number of amides is 3. The Hall–Kier alpha value is -1.69. The third-order valence-corrected chi connectivity index (χ3v) is 3.49. The third-order valence-electron chi connectivity index (χ3n) is 2.48. The van der Waals surface area contributed by atoms with Crippen LogP contribution in [0, 0.1) is 0 Å². The van der Waals surface area contributed by atoms with E-state index in [1.807, 2.05) is 31.2 Å². The van der Waals surface area contributed by atoms with Gasteiger partial charge in [-0.1, -0.05) is 18.2 Å². The summed E-state index contributed by atoms with van der Waals surface area (Å²) in [5.41, 5.74) is 1.12. The molecule has 0 aliphatic heterocycles. The molecular formula is C14H20N2O3S. The number of carbonyl (C=O) groups is 2. The van der Waals surface area contributed by atoms with Gasteiger partial charge < -0.3 is 10.1 Å². The Bertz CT molecular complexity index is 452. The highest BCUT2D eigenvalue weighted by Gasteiger charge is 2.06. The van der Waals surface area contributed by atoms with E-state index in [1.165, 1.54) is 7.05 Å². The molecule has 0 fully saturated rings. The van der Waals surface area contributed by atoms with Gasteiger partial charge in [0.2, 0.25) is 5.91 Å². The average molecular weight is 296 g/mol. The number of hydrogen-bond donors (Lipinski definition) is 2. The molecule has 2 N–H and O–H groups in total. The van der Waals surface area contributed by atoms with Crippen molar-refractivity contribution < 1.29 is 14.3 Å². The summed E-state index contributed by atoms with van der Waals surface area (Å²) in [4.78, 5) is 22.3. The lowest BCUT2D eigenvalue weighted by atomic mass is 10.2. The number of para-hydroxylation sites is 1. The SMILES string of the molecule is CCOc1ccccc1CSCCC(=O)NC(=O)NC. The van der Waals surface area contributed by atoms with Crippen LogP contribution in [0.2, 0.25) is 0 Å². The van der Waals surface area contributed by atoms with Gasteiger partial charge in [0.15, 0.2) is 0 Å². The lowest BCUT2D eigenvalue weighted by Crippen LogP contribution is -2.37. The fraction of sp³-hybridized carbons (Fsp3) is 0.429. The normalized spacial score (nSPS) is 9.90. The molecule has 110 valence electrons. The van der Waals surface area contributed by atoms with Gasteiger partial charge in [0, 0.05) is 30.5 Å². The maximum absolute atomic E-state index is 11.4. The fourth-order valence-electron chi connectivity index (χ4n) is 1.52. The Morgan fingerprint density at radius 1 is 1.30 bits per heavy atom. The van der Waals surface area contributed by atoms with Crippen molar-refractivity contribution in [1.29, 1.82) is 0 Å². The van der Waals surface area contributed by atoms with Gasteiger partial charge in [-0.05, 0) is 13.0 Å². The number of benzene rings is 1. The Labute approximate surface area is 123 Å². The molecule has 3 amide bonds. The van der Waals surface area contributed by atoms with Crippen molar-refractivity contribution in [3.05, 3.63) is 29.8 Å². The molecule has 0 atom stereocenters. The summed E-state index contributed by atoms with van der Waals surface area (Å²) < 4.78 is 5.54. The highest BCUT2D eigenvalue weighted by atomic mass is 32.2. The standard InChI is InChI=1S/C14H20N2O3S/c1-3-19-12-7-5-4-6-11(12)10-20-9-8-13(17)16-14(18)15-2/h4-7H,3,8-10H2,1-2H3,(H2,15,16,17,18). The number of ether oxygens (including phenoxy) is 1. The van der Waals surface area contributed by atoms with Crippen molar-refractivity contribution >= 4 is 23.7 Å². The molecule has 1 aromatic carbocycles. The van der Waals surface area contributed by atoms with Crippen molar-refractivity contribution in [1.82, 2.24) is 10.6 Å². The van der Waals surface area contributed by atoms with Gasteiger partial charge >= 0.3 is 6.03 Å². The van der Waals surface area contributed by atoms with Crippen LogP contribution < -0.4 is 15.4 Å².